The van der Waals surface area contributed by atoms with E-state index < -0.39 is 10.2 Å². The molecule has 0 aromatic rings. The molecule has 0 radical (unpaired) electrons. The summed E-state index contributed by atoms with van der Waals surface area (Å²) in [7, 11) is 0. The van der Waals surface area contributed by atoms with Crippen LogP contribution < -0.4 is 18.9 Å². The predicted octanol–water partition coefficient (Wildman–Crippen LogP) is -3.74. The molecule has 0 atom stereocenters. The topological polar surface area (TPSA) is 132 Å². The quantitative estimate of drug-likeness (QED) is 0.209. The molecule has 0 aliphatic carbocycles. The smallest absolute Gasteiger partial charge is 1.00 e. The summed E-state index contributed by atoms with van der Waals surface area (Å²) in [6, 6.07) is 0. The van der Waals surface area contributed by atoms with Gasteiger partial charge >= 0.3 is 56.6 Å². The van der Waals surface area contributed by atoms with Crippen LogP contribution in [0.2, 0.25) is 0 Å². The first-order valence-electron chi connectivity index (χ1n) is 1.10. The first-order valence-corrected chi connectivity index (χ1v) is 1.10. The van der Waals surface area contributed by atoms with E-state index in [4.69, 9.17) is 30.6 Å². The summed E-state index contributed by atoms with van der Waals surface area (Å²) in [6.45, 7) is 0. The van der Waals surface area contributed by atoms with Gasteiger partial charge in [0.1, 0.15) is 0 Å². The summed E-state index contributed by atoms with van der Waals surface area (Å²) >= 11 is 0. The average Bonchev–Trinajstić information content (AvgIpc) is 1.25. The van der Waals surface area contributed by atoms with E-state index >= 15 is 0 Å². The molecule has 0 amide bonds. The molecule has 10 heavy (non-hydrogen) atoms. The zero-order valence-electron chi connectivity index (χ0n) is 6.05. The molecule has 0 bridgehead atoms. The summed E-state index contributed by atoms with van der Waals surface area (Å²) in [4.78, 5) is 16.5. The third kappa shape index (κ3) is 6580. The molecule has 0 aliphatic rings. The van der Waals surface area contributed by atoms with Crippen molar-refractivity contribution in [1.29, 1.82) is 0 Å². The molecular weight excluding hydrogens is 171 g/mol. The zero-order chi connectivity index (χ0) is 7.15. The van der Waals surface area contributed by atoms with E-state index in [1.165, 1.54) is 0 Å². The van der Waals surface area contributed by atoms with Gasteiger partial charge in [-0.2, -0.15) is 0 Å². The van der Waals surface area contributed by atoms with Crippen molar-refractivity contribution in [2.45, 2.75) is 0 Å². The molecule has 10 heteroatoms. The van der Waals surface area contributed by atoms with Gasteiger partial charge in [-0.1, -0.05) is 0 Å². The van der Waals surface area contributed by atoms with Gasteiger partial charge in [-0.05, 0) is 0 Å². The molecule has 0 N–H and O–H groups in total. The van der Waals surface area contributed by atoms with Crippen LogP contribution in [0.15, 0.2) is 0 Å². The minimum Gasteiger partial charge on any atom is -1.00 e. The molecule has 0 spiro atoms. The van der Waals surface area contributed by atoms with E-state index in [9.17, 15) is 0 Å². The van der Waals surface area contributed by atoms with Crippen molar-refractivity contribution in [3.63, 3.8) is 0 Å². The second-order valence-electron chi connectivity index (χ2n) is 0.447. The Morgan fingerprint density at radius 1 is 0.900 bits per heavy atom. The number of hydrogen-bond donors (Lipinski definition) is 0. The van der Waals surface area contributed by atoms with Gasteiger partial charge in [-0.15, -0.1) is 0 Å². The molecule has 50 valence electrons. The molecule has 0 aromatic carbocycles. The van der Waals surface area contributed by atoms with Crippen molar-refractivity contribution in [2.24, 2.45) is 0 Å². The van der Waals surface area contributed by atoms with E-state index in [2.05, 4.69) is 0 Å². The number of nitrogens with zero attached hydrogens (tertiary/aromatic N) is 2. The van der Waals surface area contributed by atoms with Gasteiger partial charge in [0.25, 0.3) is 0 Å². The second-order valence-corrected chi connectivity index (χ2v) is 0.447. The van der Waals surface area contributed by atoms with Gasteiger partial charge in [0.15, 0.2) is 0 Å². The minimum atomic E-state index is -1.75. The minimum absolute atomic E-state index is 0. The molecular formula is HCaLiN2O6. The Kier molecular flexibility index (Phi) is 36.2. The molecule has 0 saturated carbocycles. The Hall–Kier alpha value is 0.257. The molecule has 0 aliphatic heterocycles. The molecule has 0 heterocycles. The third-order valence-corrected chi connectivity index (χ3v) is 0. The SMILES string of the molecule is O=[N+]([O-])[O-].O=[N+]([O-])[O-].[Ca+2].[H-].[Li+]. The van der Waals surface area contributed by atoms with Crippen LogP contribution in [0.1, 0.15) is 1.43 Å². The van der Waals surface area contributed by atoms with Crippen LogP contribution in [-0.4, -0.2) is 47.9 Å². The van der Waals surface area contributed by atoms with Gasteiger partial charge in [0.05, 0.1) is 10.2 Å². The maximum absolute atomic E-state index is 8.25. The first kappa shape index (κ1) is 22.5. The summed E-state index contributed by atoms with van der Waals surface area (Å²) in [6.07, 6.45) is 0. The van der Waals surface area contributed by atoms with Crippen molar-refractivity contribution in [2.75, 3.05) is 0 Å². The zero-order valence-corrected chi connectivity index (χ0v) is 7.26. The fourth-order valence-corrected chi connectivity index (χ4v) is 0. The van der Waals surface area contributed by atoms with E-state index in [0.717, 1.165) is 0 Å². The number of hydrogen-bond acceptors (Lipinski definition) is 6. The van der Waals surface area contributed by atoms with Crippen LogP contribution in [0.4, 0.5) is 0 Å². The van der Waals surface area contributed by atoms with Crippen molar-refractivity contribution in [3.8, 4) is 0 Å². The fourth-order valence-electron chi connectivity index (χ4n) is 0. The van der Waals surface area contributed by atoms with Crippen molar-refractivity contribution < 1.29 is 30.5 Å². The first-order chi connectivity index (χ1) is 3.46. The summed E-state index contributed by atoms with van der Waals surface area (Å²) in [5.74, 6) is 0. The maximum Gasteiger partial charge on any atom is 2.00 e. The molecule has 0 unspecified atom stereocenters. The van der Waals surface area contributed by atoms with Crippen LogP contribution in [0.5, 0.6) is 0 Å². The Morgan fingerprint density at radius 3 is 0.900 bits per heavy atom. The Morgan fingerprint density at radius 2 is 0.900 bits per heavy atom. The monoisotopic (exact) mass is 172 g/mol. The summed E-state index contributed by atoms with van der Waals surface area (Å²) in [5, 5.41) is 29.5. The molecule has 0 saturated heterocycles. The second kappa shape index (κ2) is 16.1. The van der Waals surface area contributed by atoms with Gasteiger partial charge < -0.3 is 32.1 Å². The summed E-state index contributed by atoms with van der Waals surface area (Å²) in [5.41, 5.74) is 0. The Bertz CT molecular complexity index is 78.6. The third-order valence-electron chi connectivity index (χ3n) is 0. The van der Waals surface area contributed by atoms with E-state index in [-0.39, 0.29) is 58.0 Å². The van der Waals surface area contributed by atoms with Gasteiger partial charge in [0.2, 0.25) is 0 Å². The van der Waals surface area contributed by atoms with Crippen molar-refractivity contribution >= 4 is 37.7 Å². The predicted molar refractivity (Wildman–Crippen MR) is 27.6 cm³/mol. The number of rotatable bonds is 0. The van der Waals surface area contributed by atoms with Crippen LogP contribution in [-0.2, 0) is 0 Å². The maximum atomic E-state index is 8.25. The molecule has 0 rings (SSSR count). The molecule has 0 aromatic heterocycles. The van der Waals surface area contributed by atoms with Crippen molar-refractivity contribution in [3.05, 3.63) is 30.6 Å². The van der Waals surface area contributed by atoms with Gasteiger partial charge in [0, 0.05) is 0 Å². The summed E-state index contributed by atoms with van der Waals surface area (Å²) < 4.78 is 0. The Balaban J connectivity index is -0.0000000171. The van der Waals surface area contributed by atoms with E-state index in [1.807, 2.05) is 0 Å². The van der Waals surface area contributed by atoms with Crippen LogP contribution in [0, 0.1) is 30.6 Å². The average molecular weight is 172 g/mol. The van der Waals surface area contributed by atoms with Crippen LogP contribution in [0.25, 0.3) is 0 Å². The van der Waals surface area contributed by atoms with Crippen molar-refractivity contribution in [1.82, 2.24) is 0 Å². The van der Waals surface area contributed by atoms with Crippen LogP contribution in [0.3, 0.4) is 0 Å². The van der Waals surface area contributed by atoms with E-state index in [0.29, 0.717) is 0 Å². The standard InChI is InChI=1S/Ca.Li.2NO3.H/c;;2*2-1(3)4;/q+2;+1;3*-1. The van der Waals surface area contributed by atoms with Gasteiger partial charge in [-0.25, -0.2) is 0 Å². The Labute approximate surface area is 98.1 Å². The molecule has 0 fully saturated rings. The largest absolute Gasteiger partial charge is 2.00 e. The normalized spacial score (nSPS) is 4.80. The van der Waals surface area contributed by atoms with E-state index in [1.54, 1.807) is 0 Å². The fraction of sp³-hybridized carbons (Fsp3) is 0. The van der Waals surface area contributed by atoms with Gasteiger partial charge in [-0.3, -0.25) is 0 Å². The van der Waals surface area contributed by atoms with Crippen LogP contribution >= 0.6 is 0 Å². The molecule has 8 nitrogen and oxygen atoms in total.